The molecule has 1 aliphatic heterocycles. The summed E-state index contributed by atoms with van der Waals surface area (Å²) in [4.78, 5) is 25.6. The summed E-state index contributed by atoms with van der Waals surface area (Å²) >= 11 is 6.00. The van der Waals surface area contributed by atoms with Crippen LogP contribution >= 0.6 is 11.6 Å². The van der Waals surface area contributed by atoms with Gasteiger partial charge < -0.3 is 15.1 Å². The van der Waals surface area contributed by atoms with Crippen LogP contribution in [-0.4, -0.2) is 64.7 Å². The SMILES string of the molecule is O=C(c1ncc(-c2cc[n+]([O-])cc2)cn1)N1CCN(S(=O)(=O)c2cc3cc(Cl)ccc3[nH]2)CC1. The maximum atomic E-state index is 13.1. The van der Waals surface area contributed by atoms with Crippen LogP contribution in [0.25, 0.3) is 22.0 Å². The van der Waals surface area contributed by atoms with Crippen molar-refractivity contribution in [1.82, 2.24) is 24.2 Å². The van der Waals surface area contributed by atoms with Gasteiger partial charge in [0.05, 0.1) is 0 Å². The Hall–Kier alpha value is -3.54. The van der Waals surface area contributed by atoms with Crippen LogP contribution in [0.2, 0.25) is 5.02 Å². The van der Waals surface area contributed by atoms with Crippen molar-refractivity contribution in [2.24, 2.45) is 0 Å². The zero-order valence-corrected chi connectivity index (χ0v) is 19.3. The fourth-order valence-electron chi connectivity index (χ4n) is 3.82. The van der Waals surface area contributed by atoms with Gasteiger partial charge in [0.15, 0.2) is 12.4 Å². The van der Waals surface area contributed by atoms with Crippen LogP contribution < -0.4 is 4.73 Å². The fraction of sp³-hybridized carbons (Fsp3) is 0.182. The Morgan fingerprint density at radius 1 is 1.00 bits per heavy atom. The molecule has 4 heterocycles. The van der Waals surface area contributed by atoms with Crippen molar-refractivity contribution in [2.75, 3.05) is 26.2 Å². The summed E-state index contributed by atoms with van der Waals surface area (Å²) in [5.41, 5.74) is 2.11. The van der Waals surface area contributed by atoms with E-state index < -0.39 is 10.0 Å². The third-order valence-corrected chi connectivity index (χ3v) is 7.74. The molecule has 0 aliphatic carbocycles. The molecule has 3 aromatic heterocycles. The van der Waals surface area contributed by atoms with Gasteiger partial charge >= 0.3 is 0 Å². The van der Waals surface area contributed by atoms with Crippen LogP contribution in [0.5, 0.6) is 0 Å². The molecule has 0 saturated carbocycles. The quantitative estimate of drug-likeness (QED) is 0.339. The second-order valence-corrected chi connectivity index (χ2v) is 10.1. The van der Waals surface area contributed by atoms with E-state index in [1.807, 2.05) is 0 Å². The average molecular weight is 499 g/mol. The molecule has 1 aromatic carbocycles. The lowest BCUT2D eigenvalue weighted by Crippen LogP contribution is -2.50. The first-order valence-corrected chi connectivity index (χ1v) is 12.2. The molecular weight excluding hydrogens is 480 g/mol. The number of pyridine rings is 1. The third kappa shape index (κ3) is 4.20. The molecule has 34 heavy (non-hydrogen) atoms. The molecule has 1 N–H and O–H groups in total. The van der Waals surface area contributed by atoms with Crippen LogP contribution in [0.3, 0.4) is 0 Å². The molecule has 10 nitrogen and oxygen atoms in total. The zero-order valence-electron chi connectivity index (χ0n) is 17.8. The zero-order chi connectivity index (χ0) is 23.9. The van der Waals surface area contributed by atoms with Gasteiger partial charge in [0.2, 0.25) is 5.82 Å². The fourth-order valence-corrected chi connectivity index (χ4v) is 5.44. The van der Waals surface area contributed by atoms with Crippen molar-refractivity contribution in [3.05, 3.63) is 77.2 Å². The number of hydrogen-bond acceptors (Lipinski definition) is 6. The number of rotatable bonds is 4. The first kappa shape index (κ1) is 22.3. The number of amides is 1. The van der Waals surface area contributed by atoms with E-state index in [1.165, 1.54) is 34.0 Å². The summed E-state index contributed by atoms with van der Waals surface area (Å²) in [7, 11) is -3.75. The number of aromatic amines is 1. The third-order valence-electron chi connectivity index (χ3n) is 5.68. The van der Waals surface area contributed by atoms with E-state index in [1.54, 1.807) is 36.4 Å². The number of hydrogen-bond donors (Lipinski definition) is 1. The van der Waals surface area contributed by atoms with Crippen molar-refractivity contribution >= 4 is 38.4 Å². The minimum atomic E-state index is -3.75. The molecule has 1 saturated heterocycles. The van der Waals surface area contributed by atoms with Crippen molar-refractivity contribution in [2.45, 2.75) is 5.03 Å². The van der Waals surface area contributed by atoms with Crippen LogP contribution in [0.15, 0.2) is 66.2 Å². The summed E-state index contributed by atoms with van der Waals surface area (Å²) < 4.78 is 28.2. The number of nitrogens with one attached hydrogen (secondary N) is 1. The molecule has 0 radical (unpaired) electrons. The standard InChI is InChI=1S/C22H19ClN6O4S/c23-18-1-2-19-16(11-18)12-20(26-19)34(32,33)29-9-7-27(8-10-29)22(30)21-24-13-17(14-25-21)15-3-5-28(31)6-4-15/h1-6,11-14,26H,7-10H2. The largest absolute Gasteiger partial charge is 0.619 e. The van der Waals surface area contributed by atoms with Crippen LogP contribution in [0.4, 0.5) is 0 Å². The topological polar surface area (TPSA) is 126 Å². The highest BCUT2D eigenvalue weighted by Crippen LogP contribution is 2.25. The van der Waals surface area contributed by atoms with E-state index in [2.05, 4.69) is 15.0 Å². The predicted octanol–water partition coefficient (Wildman–Crippen LogP) is 2.06. The molecular formula is C22H19ClN6O4S. The highest BCUT2D eigenvalue weighted by molar-refractivity contribution is 7.89. The number of H-pyrrole nitrogens is 1. The van der Waals surface area contributed by atoms with Crippen molar-refractivity contribution in [1.29, 1.82) is 0 Å². The van der Waals surface area contributed by atoms with E-state index in [0.29, 0.717) is 26.2 Å². The Kier molecular flexibility index (Phi) is 5.68. The Balaban J connectivity index is 1.26. The Bertz CT molecular complexity index is 1460. The lowest BCUT2D eigenvalue weighted by atomic mass is 10.1. The number of fused-ring (bicyclic) bond motifs is 1. The summed E-state index contributed by atoms with van der Waals surface area (Å²) in [6, 6.07) is 9.95. The lowest BCUT2D eigenvalue weighted by Gasteiger charge is -2.33. The first-order chi connectivity index (χ1) is 16.3. The van der Waals surface area contributed by atoms with Gasteiger partial charge in [0, 0.05) is 72.2 Å². The summed E-state index contributed by atoms with van der Waals surface area (Å²) in [5.74, 6) is -0.336. The van der Waals surface area contributed by atoms with Gasteiger partial charge in [-0.2, -0.15) is 9.04 Å². The Labute approximate surface area is 200 Å². The summed E-state index contributed by atoms with van der Waals surface area (Å²) in [6.07, 6.45) is 5.78. The minimum absolute atomic E-state index is 0.0300. The second kappa shape index (κ2) is 8.67. The van der Waals surface area contributed by atoms with E-state index in [4.69, 9.17) is 11.6 Å². The van der Waals surface area contributed by atoms with E-state index >= 15 is 0 Å². The van der Waals surface area contributed by atoms with Gasteiger partial charge in [0.25, 0.3) is 15.9 Å². The summed E-state index contributed by atoms with van der Waals surface area (Å²) in [5, 5.41) is 12.5. The highest BCUT2D eigenvalue weighted by Gasteiger charge is 2.32. The van der Waals surface area contributed by atoms with Gasteiger partial charge in [-0.3, -0.25) is 4.79 Å². The Morgan fingerprint density at radius 2 is 1.68 bits per heavy atom. The van der Waals surface area contributed by atoms with Gasteiger partial charge in [-0.25, -0.2) is 18.4 Å². The number of nitrogens with zero attached hydrogens (tertiary/aromatic N) is 5. The molecule has 5 rings (SSSR count). The molecule has 0 atom stereocenters. The molecule has 4 aromatic rings. The number of carbonyl (C=O) groups is 1. The number of carbonyl (C=O) groups excluding carboxylic acids is 1. The number of piperazine rings is 1. The van der Waals surface area contributed by atoms with Gasteiger partial charge in [-0.15, -0.1) is 0 Å². The molecule has 174 valence electrons. The van der Waals surface area contributed by atoms with Gasteiger partial charge in [-0.05, 0) is 29.8 Å². The normalized spacial score (nSPS) is 15.0. The van der Waals surface area contributed by atoms with Gasteiger partial charge in [-0.1, -0.05) is 11.6 Å². The molecule has 1 fully saturated rings. The summed E-state index contributed by atoms with van der Waals surface area (Å²) in [6.45, 7) is 0.748. The average Bonchev–Trinajstić information content (AvgIpc) is 3.28. The second-order valence-electron chi connectivity index (χ2n) is 7.80. The first-order valence-electron chi connectivity index (χ1n) is 10.4. The predicted molar refractivity (Wildman–Crippen MR) is 124 cm³/mol. The van der Waals surface area contributed by atoms with E-state index in [-0.39, 0.29) is 42.9 Å². The highest BCUT2D eigenvalue weighted by atomic mass is 35.5. The Morgan fingerprint density at radius 3 is 2.35 bits per heavy atom. The smallest absolute Gasteiger partial charge is 0.291 e. The van der Waals surface area contributed by atoms with Crippen LogP contribution in [0.1, 0.15) is 10.6 Å². The lowest BCUT2D eigenvalue weighted by molar-refractivity contribution is -0.605. The van der Waals surface area contributed by atoms with E-state index in [0.717, 1.165) is 5.56 Å². The number of halogens is 1. The van der Waals surface area contributed by atoms with Crippen LogP contribution in [0, 0.1) is 5.21 Å². The molecule has 0 bridgehead atoms. The number of benzene rings is 1. The van der Waals surface area contributed by atoms with Gasteiger partial charge in [0.1, 0.15) is 5.03 Å². The number of aromatic nitrogens is 4. The van der Waals surface area contributed by atoms with E-state index in [9.17, 15) is 18.4 Å². The van der Waals surface area contributed by atoms with Crippen molar-refractivity contribution in [3.8, 4) is 11.1 Å². The van der Waals surface area contributed by atoms with Crippen LogP contribution in [-0.2, 0) is 10.0 Å². The maximum Gasteiger partial charge on any atom is 0.291 e. The van der Waals surface area contributed by atoms with Crippen molar-refractivity contribution < 1.29 is 17.9 Å². The molecule has 0 unspecified atom stereocenters. The molecule has 1 aliphatic rings. The monoisotopic (exact) mass is 498 g/mol. The minimum Gasteiger partial charge on any atom is -0.619 e. The number of sulfonamides is 1. The maximum absolute atomic E-state index is 13.1. The molecule has 0 spiro atoms. The molecule has 12 heteroatoms. The van der Waals surface area contributed by atoms with Crippen molar-refractivity contribution in [3.63, 3.8) is 0 Å². The molecule has 1 amide bonds.